The molecule has 1 aromatic carbocycles. The van der Waals surface area contributed by atoms with Gasteiger partial charge in [0.2, 0.25) is 0 Å². The molecule has 5 nitrogen and oxygen atoms in total. The molecule has 1 amide bonds. The van der Waals surface area contributed by atoms with Crippen LogP contribution in [0.5, 0.6) is 0 Å². The van der Waals surface area contributed by atoms with E-state index in [0.717, 1.165) is 12.3 Å². The van der Waals surface area contributed by atoms with E-state index in [2.05, 4.69) is 4.98 Å². The Morgan fingerprint density at radius 1 is 1.14 bits per heavy atom. The Morgan fingerprint density at radius 3 is 2.52 bits per heavy atom. The van der Waals surface area contributed by atoms with Gasteiger partial charge in [0.15, 0.2) is 23.3 Å². The summed E-state index contributed by atoms with van der Waals surface area (Å²) in [4.78, 5) is 15.3. The average Bonchev–Trinajstić information content (AvgIpc) is 2.44. The highest BCUT2D eigenvalue weighted by Crippen LogP contribution is 2.21. The fourth-order valence-corrected chi connectivity index (χ4v) is 1.56. The van der Waals surface area contributed by atoms with E-state index in [9.17, 15) is 22.4 Å². The maximum absolute atomic E-state index is 13.8. The fourth-order valence-electron chi connectivity index (χ4n) is 1.56. The van der Waals surface area contributed by atoms with Crippen molar-refractivity contribution in [1.29, 1.82) is 0 Å². The molecular formula is C12H8F4N4O. The Labute approximate surface area is 115 Å². The zero-order valence-corrected chi connectivity index (χ0v) is 10.3. The molecule has 0 unspecified atom stereocenters. The average molecular weight is 300 g/mol. The number of carbonyl (C=O) groups excluding carboxylic acids is 1. The molecule has 0 saturated heterocycles. The van der Waals surface area contributed by atoms with Gasteiger partial charge in [0, 0.05) is 18.3 Å². The lowest BCUT2D eigenvalue weighted by molar-refractivity contribution is 0.102. The first-order valence-corrected chi connectivity index (χ1v) is 5.51. The minimum atomic E-state index is -1.48. The molecule has 21 heavy (non-hydrogen) atoms. The summed E-state index contributed by atoms with van der Waals surface area (Å²) in [5, 5.41) is 1.87. The number of nitrogens with one attached hydrogen (secondary N) is 2. The van der Waals surface area contributed by atoms with Crippen molar-refractivity contribution < 1.29 is 22.4 Å². The van der Waals surface area contributed by atoms with Crippen molar-refractivity contribution in [2.45, 2.75) is 0 Å². The third-order valence-corrected chi connectivity index (χ3v) is 2.51. The number of halogens is 4. The van der Waals surface area contributed by atoms with Crippen molar-refractivity contribution in [3.05, 3.63) is 53.2 Å². The van der Waals surface area contributed by atoms with E-state index in [4.69, 9.17) is 5.84 Å². The van der Waals surface area contributed by atoms with Crippen molar-refractivity contribution in [3.8, 4) is 0 Å². The number of nitrogens with zero attached hydrogens (tertiary/aromatic N) is 1. The minimum Gasteiger partial charge on any atom is -0.319 e. The highest BCUT2D eigenvalue weighted by molar-refractivity contribution is 6.04. The molecule has 0 aliphatic rings. The van der Waals surface area contributed by atoms with E-state index in [1.807, 2.05) is 10.7 Å². The Morgan fingerprint density at radius 2 is 1.86 bits per heavy atom. The molecular weight excluding hydrogens is 292 g/mol. The van der Waals surface area contributed by atoms with Crippen LogP contribution in [0.1, 0.15) is 10.4 Å². The molecule has 0 fully saturated rings. The van der Waals surface area contributed by atoms with Gasteiger partial charge in [-0.05, 0) is 6.07 Å². The normalized spacial score (nSPS) is 10.3. The van der Waals surface area contributed by atoms with Gasteiger partial charge in [-0.15, -0.1) is 0 Å². The maximum atomic E-state index is 13.8. The predicted molar refractivity (Wildman–Crippen MR) is 66.3 cm³/mol. The van der Waals surface area contributed by atoms with Gasteiger partial charge in [-0.25, -0.2) is 28.4 Å². The number of hydrogen-bond acceptors (Lipinski definition) is 4. The van der Waals surface area contributed by atoms with E-state index in [1.54, 1.807) is 0 Å². The third-order valence-electron chi connectivity index (χ3n) is 2.51. The van der Waals surface area contributed by atoms with Crippen LogP contribution in [-0.2, 0) is 0 Å². The summed E-state index contributed by atoms with van der Waals surface area (Å²) >= 11 is 0. The van der Waals surface area contributed by atoms with E-state index < -0.39 is 46.2 Å². The number of aromatic nitrogens is 1. The lowest BCUT2D eigenvalue weighted by atomic mass is 10.2. The quantitative estimate of drug-likeness (QED) is 0.351. The van der Waals surface area contributed by atoms with E-state index in [0.29, 0.717) is 12.1 Å². The number of nitrogen functional groups attached to an aromatic ring is 1. The minimum absolute atomic E-state index is 0.314. The zero-order chi connectivity index (χ0) is 15.6. The summed E-state index contributed by atoms with van der Waals surface area (Å²) in [5.74, 6) is -1.66. The summed E-state index contributed by atoms with van der Waals surface area (Å²) in [6, 6.07) is 1.88. The monoisotopic (exact) mass is 300 g/mol. The van der Waals surface area contributed by atoms with E-state index >= 15 is 0 Å². The number of hydrazine groups is 1. The number of anilines is 2. The molecule has 0 spiro atoms. The van der Waals surface area contributed by atoms with Gasteiger partial charge in [0.1, 0.15) is 5.82 Å². The van der Waals surface area contributed by atoms with Gasteiger partial charge in [-0.1, -0.05) is 0 Å². The number of carbonyl (C=O) groups is 1. The topological polar surface area (TPSA) is 80.0 Å². The number of benzene rings is 1. The summed E-state index contributed by atoms with van der Waals surface area (Å²) < 4.78 is 53.2. The molecule has 0 aliphatic heterocycles. The maximum Gasteiger partial charge on any atom is 0.258 e. The predicted octanol–water partition coefficient (Wildman–Crippen LogP) is 2.18. The molecule has 2 aromatic rings. The molecule has 0 atom stereocenters. The van der Waals surface area contributed by atoms with Gasteiger partial charge in [-0.2, -0.15) is 0 Å². The van der Waals surface area contributed by atoms with Crippen molar-refractivity contribution in [3.63, 3.8) is 0 Å². The van der Waals surface area contributed by atoms with Crippen LogP contribution in [0.4, 0.5) is 29.1 Å². The second-order valence-electron chi connectivity index (χ2n) is 3.87. The van der Waals surface area contributed by atoms with Crippen molar-refractivity contribution in [1.82, 2.24) is 4.98 Å². The molecule has 4 N–H and O–H groups in total. The third kappa shape index (κ3) is 2.92. The van der Waals surface area contributed by atoms with Crippen LogP contribution in [0, 0.1) is 23.3 Å². The highest BCUT2D eigenvalue weighted by atomic mass is 19.2. The number of rotatable bonds is 3. The number of hydrogen-bond donors (Lipinski definition) is 3. The van der Waals surface area contributed by atoms with Crippen LogP contribution in [0.25, 0.3) is 0 Å². The van der Waals surface area contributed by atoms with Gasteiger partial charge in [0.25, 0.3) is 5.91 Å². The molecule has 1 aromatic heterocycles. The first-order valence-electron chi connectivity index (χ1n) is 5.51. The zero-order valence-electron chi connectivity index (χ0n) is 10.3. The molecule has 110 valence electrons. The SMILES string of the molecule is NNc1nccc(C(=O)Nc2cc(F)cc(F)c2F)c1F. The molecule has 2 rings (SSSR count). The molecule has 0 saturated carbocycles. The second kappa shape index (κ2) is 5.75. The van der Waals surface area contributed by atoms with Gasteiger partial charge in [-0.3, -0.25) is 4.79 Å². The molecule has 0 aliphatic carbocycles. The van der Waals surface area contributed by atoms with Crippen LogP contribution in [0.15, 0.2) is 24.4 Å². The summed E-state index contributed by atoms with van der Waals surface area (Å²) in [5.41, 5.74) is 0.644. The summed E-state index contributed by atoms with van der Waals surface area (Å²) in [6.45, 7) is 0. The van der Waals surface area contributed by atoms with Crippen LogP contribution >= 0.6 is 0 Å². The van der Waals surface area contributed by atoms with Crippen LogP contribution < -0.4 is 16.6 Å². The smallest absolute Gasteiger partial charge is 0.258 e. The lowest BCUT2D eigenvalue weighted by Crippen LogP contribution is -2.18. The molecule has 0 bridgehead atoms. The largest absolute Gasteiger partial charge is 0.319 e. The number of nitrogens with two attached hydrogens (primary N) is 1. The first-order chi connectivity index (χ1) is 9.93. The van der Waals surface area contributed by atoms with Gasteiger partial charge >= 0.3 is 0 Å². The Hall–Kier alpha value is -2.68. The van der Waals surface area contributed by atoms with Gasteiger partial charge < -0.3 is 10.7 Å². The van der Waals surface area contributed by atoms with E-state index in [-0.39, 0.29) is 0 Å². The number of amides is 1. The van der Waals surface area contributed by atoms with Crippen molar-refractivity contribution >= 4 is 17.4 Å². The molecule has 9 heteroatoms. The lowest BCUT2D eigenvalue weighted by Gasteiger charge is -2.09. The Kier molecular flexibility index (Phi) is 4.03. The summed E-state index contributed by atoms with van der Waals surface area (Å²) in [6.07, 6.45) is 1.08. The van der Waals surface area contributed by atoms with E-state index in [1.165, 1.54) is 0 Å². The Bertz CT molecular complexity index is 708. The van der Waals surface area contributed by atoms with Crippen molar-refractivity contribution in [2.75, 3.05) is 10.7 Å². The number of pyridine rings is 1. The van der Waals surface area contributed by atoms with Crippen LogP contribution in [0.3, 0.4) is 0 Å². The van der Waals surface area contributed by atoms with Crippen LogP contribution in [-0.4, -0.2) is 10.9 Å². The van der Waals surface area contributed by atoms with Crippen molar-refractivity contribution in [2.24, 2.45) is 5.84 Å². The van der Waals surface area contributed by atoms with Gasteiger partial charge in [0.05, 0.1) is 11.3 Å². The second-order valence-corrected chi connectivity index (χ2v) is 3.87. The molecule has 1 heterocycles. The summed E-state index contributed by atoms with van der Waals surface area (Å²) in [7, 11) is 0. The first kappa shape index (κ1) is 14.7. The molecule has 0 radical (unpaired) electrons. The van der Waals surface area contributed by atoms with Crippen LogP contribution in [0.2, 0.25) is 0 Å². The standard InChI is InChI=1S/C12H8F4N4O/c13-5-3-7(14)10(16)8(4-5)19-12(21)6-1-2-18-11(20-17)9(6)15/h1-4H,17H2,(H,18,20)(H,19,21). The Balaban J connectivity index is 2.35. The fraction of sp³-hybridized carbons (Fsp3) is 0. The highest BCUT2D eigenvalue weighted by Gasteiger charge is 2.19.